The number of ether oxygens (including phenoxy) is 1. The van der Waals surface area contributed by atoms with Gasteiger partial charge in [0.05, 0.1) is 12.1 Å². The minimum atomic E-state index is -0.231. The molecule has 0 atom stereocenters. The van der Waals surface area contributed by atoms with Crippen LogP contribution in [0.4, 0.5) is 4.39 Å². The van der Waals surface area contributed by atoms with Crippen LogP contribution in [0.2, 0.25) is 0 Å². The molecule has 0 fully saturated rings. The molecule has 1 N–H and O–H groups in total. The van der Waals surface area contributed by atoms with E-state index in [1.54, 1.807) is 19.2 Å². The third kappa shape index (κ3) is 3.99. The number of hydrogen-bond donors (Lipinski definition) is 1. The number of hydrogen-bond acceptors (Lipinski definition) is 3. The SMILES string of the molecule is COCCNCc1cc(C(C)(C)C)nc2ccc(F)cc12. The average molecular weight is 290 g/mol. The molecule has 2 rings (SSSR count). The predicted molar refractivity (Wildman–Crippen MR) is 84.0 cm³/mol. The van der Waals surface area contributed by atoms with Crippen LogP contribution in [0.5, 0.6) is 0 Å². The number of nitrogens with zero attached hydrogens (tertiary/aromatic N) is 1. The number of halogens is 1. The third-order valence-corrected chi connectivity index (χ3v) is 3.42. The van der Waals surface area contributed by atoms with E-state index >= 15 is 0 Å². The monoisotopic (exact) mass is 290 g/mol. The van der Waals surface area contributed by atoms with E-state index in [9.17, 15) is 4.39 Å². The Labute approximate surface area is 125 Å². The molecule has 0 saturated heterocycles. The summed E-state index contributed by atoms with van der Waals surface area (Å²) in [7, 11) is 1.68. The first kappa shape index (κ1) is 15.9. The van der Waals surface area contributed by atoms with E-state index in [0.29, 0.717) is 13.2 Å². The van der Waals surface area contributed by atoms with Crippen LogP contribution < -0.4 is 5.32 Å². The predicted octanol–water partition coefficient (Wildman–Crippen LogP) is 3.41. The van der Waals surface area contributed by atoms with Gasteiger partial charge in [0.1, 0.15) is 5.82 Å². The van der Waals surface area contributed by atoms with E-state index < -0.39 is 0 Å². The lowest BCUT2D eigenvalue weighted by atomic mass is 9.90. The molecule has 4 heteroatoms. The van der Waals surface area contributed by atoms with Crippen molar-refractivity contribution in [1.82, 2.24) is 10.3 Å². The second-order valence-electron chi connectivity index (χ2n) is 6.25. The van der Waals surface area contributed by atoms with Crippen LogP contribution in [0, 0.1) is 5.82 Å². The van der Waals surface area contributed by atoms with Crippen molar-refractivity contribution in [3.8, 4) is 0 Å². The Morgan fingerprint density at radius 1 is 1.24 bits per heavy atom. The van der Waals surface area contributed by atoms with Gasteiger partial charge in [0.15, 0.2) is 0 Å². The van der Waals surface area contributed by atoms with Crippen molar-refractivity contribution in [3.63, 3.8) is 0 Å². The summed E-state index contributed by atoms with van der Waals surface area (Å²) in [6.07, 6.45) is 0. The Hall–Kier alpha value is -1.52. The molecule has 0 aliphatic carbocycles. The first-order chi connectivity index (χ1) is 9.91. The maximum atomic E-state index is 13.5. The van der Waals surface area contributed by atoms with Gasteiger partial charge < -0.3 is 10.1 Å². The summed E-state index contributed by atoms with van der Waals surface area (Å²) in [5, 5.41) is 4.19. The summed E-state index contributed by atoms with van der Waals surface area (Å²) < 4.78 is 18.6. The van der Waals surface area contributed by atoms with Crippen molar-refractivity contribution < 1.29 is 9.13 Å². The topological polar surface area (TPSA) is 34.1 Å². The smallest absolute Gasteiger partial charge is 0.123 e. The molecule has 0 bridgehead atoms. The van der Waals surface area contributed by atoms with E-state index in [1.807, 2.05) is 0 Å². The summed E-state index contributed by atoms with van der Waals surface area (Å²) in [5.41, 5.74) is 2.89. The summed E-state index contributed by atoms with van der Waals surface area (Å²) in [6.45, 7) is 8.49. The van der Waals surface area contributed by atoms with Gasteiger partial charge in [-0.25, -0.2) is 4.39 Å². The lowest BCUT2D eigenvalue weighted by Gasteiger charge is -2.20. The largest absolute Gasteiger partial charge is 0.383 e. The number of fused-ring (bicyclic) bond motifs is 1. The molecule has 2 aromatic rings. The Morgan fingerprint density at radius 2 is 2.00 bits per heavy atom. The normalized spacial score (nSPS) is 12.0. The van der Waals surface area contributed by atoms with Crippen molar-refractivity contribution in [2.45, 2.75) is 32.7 Å². The average Bonchev–Trinajstić information content (AvgIpc) is 2.42. The summed E-state index contributed by atoms with van der Waals surface area (Å²) >= 11 is 0. The van der Waals surface area contributed by atoms with Crippen LogP contribution in [0.25, 0.3) is 10.9 Å². The lowest BCUT2D eigenvalue weighted by Crippen LogP contribution is -2.20. The van der Waals surface area contributed by atoms with Crippen LogP contribution in [-0.2, 0) is 16.7 Å². The zero-order valence-corrected chi connectivity index (χ0v) is 13.2. The molecule has 0 aliphatic rings. The first-order valence-corrected chi connectivity index (χ1v) is 7.21. The molecule has 1 aromatic heterocycles. The molecule has 114 valence electrons. The maximum Gasteiger partial charge on any atom is 0.123 e. The van der Waals surface area contributed by atoms with E-state index in [4.69, 9.17) is 4.74 Å². The molecule has 0 spiro atoms. The number of aromatic nitrogens is 1. The van der Waals surface area contributed by atoms with Crippen LogP contribution in [0.1, 0.15) is 32.0 Å². The third-order valence-electron chi connectivity index (χ3n) is 3.42. The highest BCUT2D eigenvalue weighted by Crippen LogP contribution is 2.26. The van der Waals surface area contributed by atoms with Crippen LogP contribution in [0.3, 0.4) is 0 Å². The molecular weight excluding hydrogens is 267 g/mol. The quantitative estimate of drug-likeness (QED) is 0.857. The minimum absolute atomic E-state index is 0.0378. The van der Waals surface area contributed by atoms with Crippen LogP contribution in [-0.4, -0.2) is 25.2 Å². The Morgan fingerprint density at radius 3 is 2.67 bits per heavy atom. The fourth-order valence-corrected chi connectivity index (χ4v) is 2.20. The molecule has 3 nitrogen and oxygen atoms in total. The van der Waals surface area contributed by atoms with Gasteiger partial charge in [-0.15, -0.1) is 0 Å². The van der Waals surface area contributed by atoms with Crippen molar-refractivity contribution in [2.75, 3.05) is 20.3 Å². The van der Waals surface area contributed by atoms with Gasteiger partial charge in [-0.05, 0) is 29.8 Å². The second kappa shape index (κ2) is 6.50. The maximum absolute atomic E-state index is 13.5. The van der Waals surface area contributed by atoms with E-state index in [0.717, 1.165) is 28.7 Å². The molecule has 0 amide bonds. The number of rotatable bonds is 5. The highest BCUT2D eigenvalue weighted by Gasteiger charge is 2.18. The summed E-state index contributed by atoms with van der Waals surface area (Å²) in [6, 6.07) is 6.84. The van der Waals surface area contributed by atoms with Gasteiger partial charge >= 0.3 is 0 Å². The highest BCUT2D eigenvalue weighted by molar-refractivity contribution is 5.82. The van der Waals surface area contributed by atoms with Crippen molar-refractivity contribution in [1.29, 1.82) is 0 Å². The first-order valence-electron chi connectivity index (χ1n) is 7.21. The standard InChI is InChI=1S/C17H23FN2O/c1-17(2,3)16-9-12(11-19-7-8-21-4)14-10-13(18)5-6-15(14)20-16/h5-6,9-10,19H,7-8,11H2,1-4H3. The zero-order valence-electron chi connectivity index (χ0n) is 13.2. The Kier molecular flexibility index (Phi) is 4.91. The molecule has 1 aromatic carbocycles. The van der Waals surface area contributed by atoms with Gasteiger partial charge in [-0.3, -0.25) is 4.98 Å². The van der Waals surface area contributed by atoms with Crippen molar-refractivity contribution in [3.05, 3.63) is 41.3 Å². The van der Waals surface area contributed by atoms with E-state index in [1.165, 1.54) is 6.07 Å². The fraction of sp³-hybridized carbons (Fsp3) is 0.471. The zero-order chi connectivity index (χ0) is 15.5. The molecule has 21 heavy (non-hydrogen) atoms. The lowest BCUT2D eigenvalue weighted by molar-refractivity contribution is 0.199. The summed E-state index contributed by atoms with van der Waals surface area (Å²) in [5.74, 6) is -0.231. The van der Waals surface area contributed by atoms with Crippen molar-refractivity contribution in [2.24, 2.45) is 0 Å². The second-order valence-corrected chi connectivity index (χ2v) is 6.25. The molecule has 0 saturated carbocycles. The van der Waals surface area contributed by atoms with Gasteiger partial charge in [-0.2, -0.15) is 0 Å². The minimum Gasteiger partial charge on any atom is -0.383 e. The molecule has 1 heterocycles. The molecule has 0 radical (unpaired) electrons. The Bertz CT molecular complexity index is 620. The Balaban J connectivity index is 2.40. The van der Waals surface area contributed by atoms with Gasteiger partial charge in [-0.1, -0.05) is 20.8 Å². The summed E-state index contributed by atoms with van der Waals surface area (Å²) in [4.78, 5) is 4.67. The van der Waals surface area contributed by atoms with Gasteiger partial charge in [0, 0.05) is 36.7 Å². The van der Waals surface area contributed by atoms with Crippen LogP contribution >= 0.6 is 0 Å². The van der Waals surface area contributed by atoms with Gasteiger partial charge in [0.2, 0.25) is 0 Å². The van der Waals surface area contributed by atoms with Crippen molar-refractivity contribution >= 4 is 10.9 Å². The fourth-order valence-electron chi connectivity index (χ4n) is 2.20. The van der Waals surface area contributed by atoms with Gasteiger partial charge in [0.25, 0.3) is 0 Å². The molecule has 0 unspecified atom stereocenters. The molecule has 0 aliphatic heterocycles. The van der Waals surface area contributed by atoms with E-state index in [-0.39, 0.29) is 11.2 Å². The number of benzene rings is 1. The number of nitrogens with one attached hydrogen (secondary N) is 1. The number of methoxy groups -OCH3 is 1. The number of pyridine rings is 1. The molecular formula is C17H23FN2O. The highest BCUT2D eigenvalue weighted by atomic mass is 19.1. The van der Waals surface area contributed by atoms with Crippen LogP contribution in [0.15, 0.2) is 24.3 Å². The van der Waals surface area contributed by atoms with E-state index in [2.05, 4.69) is 37.1 Å².